The van der Waals surface area contributed by atoms with Crippen LogP contribution in [0.4, 0.5) is 0 Å². The molecule has 1 N–H and O–H groups in total. The van der Waals surface area contributed by atoms with Crippen molar-refractivity contribution in [2.45, 2.75) is 64.6 Å². The second kappa shape index (κ2) is 6.11. The zero-order valence-electron chi connectivity index (χ0n) is 13.6. The lowest BCUT2D eigenvalue weighted by molar-refractivity contribution is 0.0352. The summed E-state index contributed by atoms with van der Waals surface area (Å²) in [6.07, 6.45) is 4.18. The van der Waals surface area contributed by atoms with E-state index in [1.807, 2.05) is 0 Å². The first kappa shape index (κ1) is 15.3. The molecule has 19 heavy (non-hydrogen) atoms. The Morgan fingerprint density at radius 2 is 2.00 bits per heavy atom. The van der Waals surface area contributed by atoms with Crippen molar-refractivity contribution in [1.82, 2.24) is 15.1 Å². The summed E-state index contributed by atoms with van der Waals surface area (Å²) in [5.41, 5.74) is 0.263. The number of hydrogen-bond acceptors (Lipinski definition) is 3. The van der Waals surface area contributed by atoms with E-state index in [1.165, 1.54) is 38.9 Å². The molecule has 3 heteroatoms. The average Bonchev–Trinajstić information content (AvgIpc) is 2.30. The highest BCUT2D eigenvalue weighted by molar-refractivity contribution is 4.95. The second-order valence-corrected chi connectivity index (χ2v) is 7.64. The fourth-order valence-electron chi connectivity index (χ4n) is 3.69. The lowest BCUT2D eigenvalue weighted by Gasteiger charge is -2.48. The number of nitrogens with zero attached hydrogens (tertiary/aromatic N) is 2. The third kappa shape index (κ3) is 3.93. The minimum absolute atomic E-state index is 0.263. The highest BCUT2D eigenvalue weighted by Crippen LogP contribution is 2.23. The number of piperidine rings is 1. The van der Waals surface area contributed by atoms with Crippen LogP contribution in [-0.2, 0) is 0 Å². The molecule has 2 rings (SSSR count). The maximum absolute atomic E-state index is 3.71. The molecule has 0 bridgehead atoms. The van der Waals surface area contributed by atoms with E-state index in [-0.39, 0.29) is 5.54 Å². The van der Waals surface area contributed by atoms with Gasteiger partial charge in [-0.1, -0.05) is 20.3 Å². The first-order valence-electron chi connectivity index (χ1n) is 8.08. The molecule has 0 aliphatic carbocycles. The Hall–Kier alpha value is -0.120. The van der Waals surface area contributed by atoms with Gasteiger partial charge in [0.25, 0.3) is 0 Å². The Balaban J connectivity index is 2.00. The van der Waals surface area contributed by atoms with Gasteiger partial charge in [0, 0.05) is 37.3 Å². The van der Waals surface area contributed by atoms with Crippen molar-refractivity contribution in [3.8, 4) is 0 Å². The van der Waals surface area contributed by atoms with Gasteiger partial charge < -0.3 is 10.2 Å². The fourth-order valence-corrected chi connectivity index (χ4v) is 3.69. The average molecular weight is 267 g/mol. The molecule has 0 aromatic heterocycles. The molecule has 2 aliphatic rings. The Morgan fingerprint density at radius 1 is 1.26 bits per heavy atom. The summed E-state index contributed by atoms with van der Waals surface area (Å²) >= 11 is 0. The molecule has 2 fully saturated rings. The van der Waals surface area contributed by atoms with E-state index in [2.05, 4.69) is 49.9 Å². The molecular weight excluding hydrogens is 234 g/mol. The molecule has 0 spiro atoms. The SMILES string of the molecule is CC(C)C1CNC(C)(C)CN1CC1CCCCN1C. The summed E-state index contributed by atoms with van der Waals surface area (Å²) in [5, 5.41) is 3.71. The van der Waals surface area contributed by atoms with Crippen molar-refractivity contribution in [2.75, 3.05) is 33.2 Å². The van der Waals surface area contributed by atoms with Gasteiger partial charge in [-0.05, 0) is 46.2 Å². The molecule has 112 valence electrons. The number of nitrogens with one attached hydrogen (secondary N) is 1. The lowest BCUT2D eigenvalue weighted by Crippen LogP contribution is -2.64. The highest BCUT2D eigenvalue weighted by Gasteiger charge is 2.35. The Bertz CT molecular complexity index is 288. The molecule has 2 unspecified atom stereocenters. The van der Waals surface area contributed by atoms with Crippen LogP contribution in [-0.4, -0.2) is 60.6 Å². The quantitative estimate of drug-likeness (QED) is 0.845. The first-order chi connectivity index (χ1) is 8.89. The van der Waals surface area contributed by atoms with Crippen LogP contribution in [0.1, 0.15) is 47.0 Å². The summed E-state index contributed by atoms with van der Waals surface area (Å²) in [6, 6.07) is 1.47. The van der Waals surface area contributed by atoms with Gasteiger partial charge in [0.2, 0.25) is 0 Å². The second-order valence-electron chi connectivity index (χ2n) is 7.64. The lowest BCUT2D eigenvalue weighted by atomic mass is 9.91. The van der Waals surface area contributed by atoms with Crippen molar-refractivity contribution in [1.29, 1.82) is 0 Å². The van der Waals surface area contributed by atoms with E-state index in [4.69, 9.17) is 0 Å². The Morgan fingerprint density at radius 3 is 2.63 bits per heavy atom. The van der Waals surface area contributed by atoms with Gasteiger partial charge in [0.15, 0.2) is 0 Å². The summed E-state index contributed by atoms with van der Waals surface area (Å²) in [7, 11) is 2.31. The number of likely N-dealkylation sites (N-methyl/N-ethyl adjacent to an activating group) is 1. The van der Waals surface area contributed by atoms with Crippen LogP contribution >= 0.6 is 0 Å². The monoisotopic (exact) mass is 267 g/mol. The largest absolute Gasteiger partial charge is 0.309 e. The minimum atomic E-state index is 0.263. The first-order valence-corrected chi connectivity index (χ1v) is 8.08. The molecule has 2 heterocycles. The van der Waals surface area contributed by atoms with Gasteiger partial charge in [-0.3, -0.25) is 4.90 Å². The molecule has 2 atom stereocenters. The van der Waals surface area contributed by atoms with Gasteiger partial charge in [0.05, 0.1) is 0 Å². The van der Waals surface area contributed by atoms with Crippen LogP contribution in [0.15, 0.2) is 0 Å². The van der Waals surface area contributed by atoms with E-state index in [0.29, 0.717) is 6.04 Å². The summed E-state index contributed by atoms with van der Waals surface area (Å²) in [5.74, 6) is 0.734. The third-order valence-electron chi connectivity index (χ3n) is 4.99. The van der Waals surface area contributed by atoms with Gasteiger partial charge in [-0.25, -0.2) is 0 Å². The number of hydrogen-bond donors (Lipinski definition) is 1. The smallest absolute Gasteiger partial charge is 0.0252 e. The molecule has 3 nitrogen and oxygen atoms in total. The van der Waals surface area contributed by atoms with Crippen molar-refractivity contribution < 1.29 is 0 Å². The summed E-state index contributed by atoms with van der Waals surface area (Å²) in [4.78, 5) is 5.34. The van der Waals surface area contributed by atoms with E-state index < -0.39 is 0 Å². The normalized spacial score (nSPS) is 33.8. The van der Waals surface area contributed by atoms with Crippen LogP contribution in [0.2, 0.25) is 0 Å². The topological polar surface area (TPSA) is 18.5 Å². The van der Waals surface area contributed by atoms with Crippen LogP contribution in [0.5, 0.6) is 0 Å². The molecule has 0 aromatic carbocycles. The zero-order chi connectivity index (χ0) is 14.0. The molecular formula is C16H33N3. The highest BCUT2D eigenvalue weighted by atomic mass is 15.3. The minimum Gasteiger partial charge on any atom is -0.309 e. The molecule has 0 saturated carbocycles. The molecule has 2 saturated heterocycles. The van der Waals surface area contributed by atoms with Crippen LogP contribution < -0.4 is 5.32 Å². The van der Waals surface area contributed by atoms with Crippen molar-refractivity contribution in [3.05, 3.63) is 0 Å². The molecule has 2 aliphatic heterocycles. The maximum atomic E-state index is 3.71. The van der Waals surface area contributed by atoms with E-state index >= 15 is 0 Å². The predicted molar refractivity (Wildman–Crippen MR) is 82.5 cm³/mol. The predicted octanol–water partition coefficient (Wildman–Crippen LogP) is 2.18. The number of piperazine rings is 1. The molecule has 0 aromatic rings. The van der Waals surface area contributed by atoms with Crippen LogP contribution in [0.25, 0.3) is 0 Å². The standard InChI is InChI=1S/C16H33N3/c1-13(2)15-10-17-16(3,4)12-19(15)11-14-8-6-7-9-18(14)5/h13-15,17H,6-12H2,1-5H3. The van der Waals surface area contributed by atoms with E-state index in [9.17, 15) is 0 Å². The summed E-state index contributed by atoms with van der Waals surface area (Å²) in [6.45, 7) is 14.3. The van der Waals surface area contributed by atoms with Crippen LogP contribution in [0, 0.1) is 5.92 Å². The fraction of sp³-hybridized carbons (Fsp3) is 1.00. The third-order valence-corrected chi connectivity index (χ3v) is 4.99. The Labute approximate surface area is 119 Å². The van der Waals surface area contributed by atoms with Crippen LogP contribution in [0.3, 0.4) is 0 Å². The molecule has 0 radical (unpaired) electrons. The maximum Gasteiger partial charge on any atom is 0.0252 e. The number of rotatable bonds is 3. The van der Waals surface area contributed by atoms with Crippen molar-refractivity contribution in [3.63, 3.8) is 0 Å². The van der Waals surface area contributed by atoms with Crippen molar-refractivity contribution >= 4 is 0 Å². The Kier molecular flexibility index (Phi) is 4.91. The summed E-state index contributed by atoms with van der Waals surface area (Å²) < 4.78 is 0. The van der Waals surface area contributed by atoms with Crippen molar-refractivity contribution in [2.24, 2.45) is 5.92 Å². The van der Waals surface area contributed by atoms with Gasteiger partial charge in [-0.2, -0.15) is 0 Å². The molecule has 0 amide bonds. The van der Waals surface area contributed by atoms with E-state index in [0.717, 1.165) is 18.5 Å². The van der Waals surface area contributed by atoms with Gasteiger partial charge in [-0.15, -0.1) is 0 Å². The number of likely N-dealkylation sites (tertiary alicyclic amines) is 1. The van der Waals surface area contributed by atoms with E-state index in [1.54, 1.807) is 0 Å². The van der Waals surface area contributed by atoms with Gasteiger partial charge >= 0.3 is 0 Å². The van der Waals surface area contributed by atoms with Gasteiger partial charge in [0.1, 0.15) is 0 Å². The zero-order valence-corrected chi connectivity index (χ0v) is 13.6.